The van der Waals surface area contributed by atoms with Gasteiger partial charge in [-0.05, 0) is 74.4 Å². The van der Waals surface area contributed by atoms with Crippen LogP contribution in [-0.4, -0.2) is 42.7 Å². The van der Waals surface area contributed by atoms with Crippen LogP contribution in [0, 0.1) is 0 Å². The average molecular weight is 482 g/mol. The molecule has 2 aromatic carbocycles. The standard InChI is InChI=1S/C26H31N3O4S/c1-2-24(30)28-22-15-18-29(26(19-22)16-6-17-26)34(32,33)23-12-10-21(11-13-23)27-25(31)14-9-20-7-4-3-5-8-20/h2-5,7-8,10-13,22H,1,6,9,14-19H2,(H,27,31)(H,28,30). The van der Waals surface area contributed by atoms with Gasteiger partial charge in [-0.1, -0.05) is 36.9 Å². The number of sulfonamides is 1. The highest BCUT2D eigenvalue weighted by Crippen LogP contribution is 2.47. The van der Waals surface area contributed by atoms with Crippen LogP contribution in [0.2, 0.25) is 0 Å². The molecule has 1 unspecified atom stereocenters. The number of carbonyl (C=O) groups is 2. The second kappa shape index (κ2) is 10.1. The Morgan fingerprint density at radius 3 is 2.41 bits per heavy atom. The molecule has 0 radical (unpaired) electrons. The quantitative estimate of drug-likeness (QED) is 0.563. The number of benzene rings is 2. The van der Waals surface area contributed by atoms with E-state index < -0.39 is 15.6 Å². The lowest BCUT2D eigenvalue weighted by atomic mass is 9.70. The van der Waals surface area contributed by atoms with Crippen molar-refractivity contribution in [3.8, 4) is 0 Å². The summed E-state index contributed by atoms with van der Waals surface area (Å²) in [6.45, 7) is 3.86. The lowest BCUT2D eigenvalue weighted by Gasteiger charge is -2.54. The highest BCUT2D eigenvalue weighted by atomic mass is 32.2. The van der Waals surface area contributed by atoms with E-state index >= 15 is 0 Å². The van der Waals surface area contributed by atoms with Gasteiger partial charge in [0.25, 0.3) is 0 Å². The average Bonchev–Trinajstić information content (AvgIpc) is 2.82. The van der Waals surface area contributed by atoms with E-state index in [1.807, 2.05) is 30.3 Å². The molecule has 0 bridgehead atoms. The zero-order valence-electron chi connectivity index (χ0n) is 19.2. The van der Waals surface area contributed by atoms with E-state index in [1.165, 1.54) is 6.08 Å². The number of rotatable bonds is 8. The second-order valence-electron chi connectivity index (χ2n) is 9.12. The van der Waals surface area contributed by atoms with Crippen LogP contribution in [0.5, 0.6) is 0 Å². The zero-order chi connectivity index (χ0) is 24.2. The van der Waals surface area contributed by atoms with Crippen molar-refractivity contribution in [3.63, 3.8) is 0 Å². The number of hydrogen-bond donors (Lipinski definition) is 2. The van der Waals surface area contributed by atoms with E-state index in [1.54, 1.807) is 28.6 Å². The predicted octanol–water partition coefficient (Wildman–Crippen LogP) is 3.64. The van der Waals surface area contributed by atoms with E-state index in [0.717, 1.165) is 24.8 Å². The topological polar surface area (TPSA) is 95.6 Å². The molecular weight excluding hydrogens is 450 g/mol. The fourth-order valence-corrected chi connectivity index (χ4v) is 6.78. The highest BCUT2D eigenvalue weighted by molar-refractivity contribution is 7.89. The Balaban J connectivity index is 1.40. The van der Waals surface area contributed by atoms with Crippen LogP contribution in [0.4, 0.5) is 5.69 Å². The van der Waals surface area contributed by atoms with Crippen LogP contribution in [-0.2, 0) is 26.0 Å². The van der Waals surface area contributed by atoms with E-state index in [4.69, 9.17) is 0 Å². The fraction of sp³-hybridized carbons (Fsp3) is 0.385. The second-order valence-corrected chi connectivity index (χ2v) is 11.0. The molecule has 2 fully saturated rings. The Kier molecular flexibility index (Phi) is 7.19. The molecule has 1 aliphatic heterocycles. The predicted molar refractivity (Wildman–Crippen MR) is 132 cm³/mol. The van der Waals surface area contributed by atoms with Crippen molar-refractivity contribution in [2.24, 2.45) is 0 Å². The molecule has 0 aromatic heterocycles. The van der Waals surface area contributed by atoms with Gasteiger partial charge >= 0.3 is 0 Å². The Morgan fingerprint density at radius 2 is 1.79 bits per heavy atom. The third-order valence-corrected chi connectivity index (χ3v) is 8.88. The van der Waals surface area contributed by atoms with Crippen LogP contribution in [0.1, 0.15) is 44.1 Å². The molecule has 1 saturated heterocycles. The van der Waals surface area contributed by atoms with Gasteiger partial charge in [-0.15, -0.1) is 0 Å². The summed E-state index contributed by atoms with van der Waals surface area (Å²) >= 11 is 0. The largest absolute Gasteiger partial charge is 0.350 e. The summed E-state index contributed by atoms with van der Waals surface area (Å²) in [6, 6.07) is 16.1. The van der Waals surface area contributed by atoms with Crippen molar-refractivity contribution < 1.29 is 18.0 Å². The van der Waals surface area contributed by atoms with Gasteiger partial charge in [-0.3, -0.25) is 9.59 Å². The number of hydrogen-bond acceptors (Lipinski definition) is 4. The summed E-state index contributed by atoms with van der Waals surface area (Å²) in [5, 5.41) is 5.77. The summed E-state index contributed by atoms with van der Waals surface area (Å²) in [5.74, 6) is -0.339. The molecule has 2 N–H and O–H groups in total. The molecular formula is C26H31N3O4S. The number of anilines is 1. The number of aryl methyl sites for hydroxylation is 1. The first-order valence-corrected chi connectivity index (χ1v) is 13.2. The van der Waals surface area contributed by atoms with Crippen LogP contribution >= 0.6 is 0 Å². The third kappa shape index (κ3) is 5.23. The molecule has 2 aromatic rings. The maximum absolute atomic E-state index is 13.5. The van der Waals surface area contributed by atoms with Gasteiger partial charge in [0.15, 0.2) is 0 Å². The van der Waals surface area contributed by atoms with Crippen molar-refractivity contribution in [1.82, 2.24) is 9.62 Å². The number of piperidine rings is 1. The van der Waals surface area contributed by atoms with Crippen molar-refractivity contribution >= 4 is 27.5 Å². The number of nitrogens with one attached hydrogen (secondary N) is 2. The fourth-order valence-electron chi connectivity index (χ4n) is 4.93. The first-order chi connectivity index (χ1) is 16.3. The van der Waals surface area contributed by atoms with Gasteiger partial charge in [-0.2, -0.15) is 4.31 Å². The molecule has 1 atom stereocenters. The third-order valence-electron chi connectivity index (χ3n) is 6.86. The minimum atomic E-state index is -3.69. The maximum Gasteiger partial charge on any atom is 0.243 e. The first-order valence-electron chi connectivity index (χ1n) is 11.7. The number of amides is 2. The molecule has 4 rings (SSSR count). The summed E-state index contributed by atoms with van der Waals surface area (Å²) in [5.41, 5.74) is 1.22. The van der Waals surface area contributed by atoms with Crippen molar-refractivity contribution in [2.45, 2.75) is 61.4 Å². The Bertz CT molecular complexity index is 1140. The highest BCUT2D eigenvalue weighted by Gasteiger charge is 2.51. The zero-order valence-corrected chi connectivity index (χ0v) is 20.0. The van der Waals surface area contributed by atoms with E-state index in [9.17, 15) is 18.0 Å². The molecule has 2 aliphatic rings. The van der Waals surface area contributed by atoms with Gasteiger partial charge in [0.2, 0.25) is 21.8 Å². The maximum atomic E-state index is 13.5. The summed E-state index contributed by atoms with van der Waals surface area (Å²) in [7, 11) is -3.69. The van der Waals surface area contributed by atoms with Crippen LogP contribution in [0.25, 0.3) is 0 Å². The summed E-state index contributed by atoms with van der Waals surface area (Å²) in [6.07, 6.45) is 5.98. The SMILES string of the molecule is C=CC(=O)NC1CCN(S(=O)(=O)c2ccc(NC(=O)CCc3ccccc3)cc2)C2(CCC2)C1. The number of nitrogens with zero attached hydrogens (tertiary/aromatic N) is 1. The Labute approximate surface area is 201 Å². The number of carbonyl (C=O) groups excluding carboxylic acids is 2. The smallest absolute Gasteiger partial charge is 0.243 e. The first kappa shape index (κ1) is 24.2. The van der Waals surface area contributed by atoms with Crippen LogP contribution < -0.4 is 10.6 Å². The van der Waals surface area contributed by atoms with Crippen molar-refractivity contribution in [1.29, 1.82) is 0 Å². The molecule has 2 amide bonds. The van der Waals surface area contributed by atoms with Crippen LogP contribution in [0.3, 0.4) is 0 Å². The minimum Gasteiger partial charge on any atom is -0.350 e. The lowest BCUT2D eigenvalue weighted by molar-refractivity contribution is -0.118. The summed E-state index contributed by atoms with van der Waals surface area (Å²) in [4.78, 5) is 24.2. The monoisotopic (exact) mass is 481 g/mol. The molecule has 8 heteroatoms. The molecule has 1 spiro atoms. The molecule has 180 valence electrons. The normalized spacial score (nSPS) is 19.7. The van der Waals surface area contributed by atoms with Crippen molar-refractivity contribution in [3.05, 3.63) is 72.8 Å². The van der Waals surface area contributed by atoms with Gasteiger partial charge in [0.1, 0.15) is 0 Å². The van der Waals surface area contributed by atoms with Gasteiger partial charge in [0, 0.05) is 30.2 Å². The molecule has 1 aliphatic carbocycles. The van der Waals surface area contributed by atoms with Gasteiger partial charge < -0.3 is 10.6 Å². The molecule has 7 nitrogen and oxygen atoms in total. The van der Waals surface area contributed by atoms with Crippen LogP contribution in [0.15, 0.2) is 72.1 Å². The molecule has 1 heterocycles. The van der Waals surface area contributed by atoms with Gasteiger partial charge in [-0.25, -0.2) is 8.42 Å². The van der Waals surface area contributed by atoms with E-state index in [0.29, 0.717) is 37.9 Å². The van der Waals surface area contributed by atoms with E-state index in [-0.39, 0.29) is 22.8 Å². The summed E-state index contributed by atoms with van der Waals surface area (Å²) < 4.78 is 28.6. The molecule has 1 saturated carbocycles. The van der Waals surface area contributed by atoms with Gasteiger partial charge in [0.05, 0.1) is 4.90 Å². The molecule has 34 heavy (non-hydrogen) atoms. The van der Waals surface area contributed by atoms with Crippen molar-refractivity contribution in [2.75, 3.05) is 11.9 Å². The lowest BCUT2D eigenvalue weighted by Crippen LogP contribution is -2.63. The Hall–Kier alpha value is -2.97. The Morgan fingerprint density at radius 1 is 1.09 bits per heavy atom. The van der Waals surface area contributed by atoms with E-state index in [2.05, 4.69) is 17.2 Å². The minimum absolute atomic E-state index is 0.0503.